The predicted octanol–water partition coefficient (Wildman–Crippen LogP) is 4.63. The van der Waals surface area contributed by atoms with Gasteiger partial charge in [-0.1, -0.05) is 54.6 Å². The van der Waals surface area contributed by atoms with Gasteiger partial charge >= 0.3 is 0 Å². The second-order valence-electron chi connectivity index (χ2n) is 5.04. The van der Waals surface area contributed by atoms with Crippen molar-refractivity contribution in [2.75, 3.05) is 17.3 Å². The fourth-order valence-electron chi connectivity index (χ4n) is 2.34. The van der Waals surface area contributed by atoms with Gasteiger partial charge in [0.05, 0.1) is 5.69 Å². The highest BCUT2D eigenvalue weighted by Gasteiger charge is 1.99. The highest BCUT2D eigenvalue weighted by molar-refractivity contribution is 5.83. The Bertz CT molecular complexity index is 708. The first-order valence-corrected chi connectivity index (χ1v) is 7.48. The van der Waals surface area contributed by atoms with Crippen LogP contribution >= 0.6 is 0 Å². The number of hydrogen-bond donors (Lipinski definition) is 2. The van der Waals surface area contributed by atoms with E-state index in [4.69, 9.17) is 0 Å². The van der Waals surface area contributed by atoms with E-state index >= 15 is 0 Å². The first kappa shape index (κ1) is 14.1. The molecule has 0 spiro atoms. The highest BCUT2D eigenvalue weighted by Crippen LogP contribution is 2.19. The molecule has 0 radical (unpaired) electrons. The molecule has 0 aromatic heterocycles. The van der Waals surface area contributed by atoms with Gasteiger partial charge in [-0.05, 0) is 35.8 Å². The molecular weight excluding hydrogens is 270 g/mol. The van der Waals surface area contributed by atoms with Crippen molar-refractivity contribution in [1.82, 2.24) is 0 Å². The molecule has 0 atom stereocenters. The zero-order valence-electron chi connectivity index (χ0n) is 12.4. The van der Waals surface area contributed by atoms with E-state index in [1.807, 2.05) is 36.4 Å². The van der Waals surface area contributed by atoms with Gasteiger partial charge in [-0.2, -0.15) is 5.10 Å². The molecule has 0 amide bonds. The SMILES string of the molecule is C1=Cc2ccccc2NCC1.C1=Cc2ccccc2NN=C1. The zero-order valence-corrected chi connectivity index (χ0v) is 12.4. The third kappa shape index (κ3) is 3.64. The summed E-state index contributed by atoms with van der Waals surface area (Å²) in [6, 6.07) is 16.4. The van der Waals surface area contributed by atoms with E-state index in [-0.39, 0.29) is 0 Å². The van der Waals surface area contributed by atoms with Crippen molar-refractivity contribution < 1.29 is 0 Å². The minimum Gasteiger partial charge on any atom is -0.384 e. The maximum Gasteiger partial charge on any atom is 0.0634 e. The lowest BCUT2D eigenvalue weighted by molar-refractivity contribution is 1.08. The van der Waals surface area contributed by atoms with E-state index < -0.39 is 0 Å². The van der Waals surface area contributed by atoms with Crippen molar-refractivity contribution in [2.45, 2.75) is 6.42 Å². The van der Waals surface area contributed by atoms with Crippen molar-refractivity contribution in [3.8, 4) is 0 Å². The number of hydrogen-bond acceptors (Lipinski definition) is 3. The normalized spacial score (nSPS) is 14.2. The molecule has 110 valence electrons. The molecule has 4 rings (SSSR count). The number of nitrogens with one attached hydrogen (secondary N) is 2. The Morgan fingerprint density at radius 2 is 1.55 bits per heavy atom. The van der Waals surface area contributed by atoms with E-state index in [1.165, 1.54) is 16.8 Å². The number of allylic oxidation sites excluding steroid dienone is 1. The molecule has 0 saturated heterocycles. The standard InChI is InChI=1S/C10H11N.C9H8N2/c1-2-7-10-9(5-1)6-3-4-8-11-10;1-2-6-9-8(4-1)5-3-7-10-11-9/h1-3,5-7,11H,4,8H2;1-7,11H. The number of nitrogens with zero attached hydrogens (tertiary/aromatic N) is 1. The zero-order chi connectivity index (χ0) is 15.0. The van der Waals surface area contributed by atoms with Crippen LogP contribution in [0.1, 0.15) is 17.5 Å². The average Bonchev–Trinajstić information content (AvgIpc) is 2.95. The first-order valence-electron chi connectivity index (χ1n) is 7.48. The van der Waals surface area contributed by atoms with Gasteiger partial charge in [0.2, 0.25) is 0 Å². The monoisotopic (exact) mass is 289 g/mol. The number of para-hydroxylation sites is 2. The first-order chi connectivity index (χ1) is 10.9. The fourth-order valence-corrected chi connectivity index (χ4v) is 2.34. The third-order valence-corrected chi connectivity index (χ3v) is 3.47. The van der Waals surface area contributed by atoms with Crippen LogP contribution in [-0.2, 0) is 0 Å². The van der Waals surface area contributed by atoms with Crippen LogP contribution in [0.2, 0.25) is 0 Å². The van der Waals surface area contributed by atoms with Gasteiger partial charge in [0.15, 0.2) is 0 Å². The summed E-state index contributed by atoms with van der Waals surface area (Å²) in [6.07, 6.45) is 11.2. The minimum absolute atomic E-state index is 1.05. The van der Waals surface area contributed by atoms with Crippen molar-refractivity contribution in [3.63, 3.8) is 0 Å². The van der Waals surface area contributed by atoms with E-state index in [0.717, 1.165) is 18.7 Å². The molecule has 2 aromatic rings. The Kier molecular flexibility index (Phi) is 4.67. The van der Waals surface area contributed by atoms with Gasteiger partial charge in [0.1, 0.15) is 0 Å². The van der Waals surface area contributed by atoms with Crippen LogP contribution in [0.3, 0.4) is 0 Å². The van der Waals surface area contributed by atoms with Gasteiger partial charge in [0.25, 0.3) is 0 Å². The van der Waals surface area contributed by atoms with E-state index in [2.05, 4.69) is 52.3 Å². The topological polar surface area (TPSA) is 36.4 Å². The summed E-state index contributed by atoms with van der Waals surface area (Å²) in [5, 5.41) is 7.31. The maximum atomic E-state index is 3.95. The van der Waals surface area contributed by atoms with Crippen LogP contribution in [-0.4, -0.2) is 12.8 Å². The predicted molar refractivity (Wildman–Crippen MR) is 96.2 cm³/mol. The van der Waals surface area contributed by atoms with Crippen molar-refractivity contribution in [1.29, 1.82) is 0 Å². The molecule has 22 heavy (non-hydrogen) atoms. The van der Waals surface area contributed by atoms with Crippen LogP contribution in [0.5, 0.6) is 0 Å². The maximum absolute atomic E-state index is 3.95. The number of rotatable bonds is 0. The second-order valence-corrected chi connectivity index (χ2v) is 5.04. The minimum atomic E-state index is 1.05. The lowest BCUT2D eigenvalue weighted by atomic mass is 10.2. The molecule has 0 aliphatic carbocycles. The number of fused-ring (bicyclic) bond motifs is 2. The molecule has 0 bridgehead atoms. The Hall–Kier alpha value is -2.81. The van der Waals surface area contributed by atoms with E-state index in [1.54, 1.807) is 6.21 Å². The Morgan fingerprint density at radius 1 is 0.818 bits per heavy atom. The van der Waals surface area contributed by atoms with Crippen molar-refractivity contribution in [3.05, 3.63) is 71.8 Å². The Morgan fingerprint density at radius 3 is 2.41 bits per heavy atom. The number of benzene rings is 2. The van der Waals surface area contributed by atoms with Crippen molar-refractivity contribution >= 4 is 29.7 Å². The third-order valence-electron chi connectivity index (χ3n) is 3.47. The van der Waals surface area contributed by atoms with Crippen LogP contribution in [0, 0.1) is 0 Å². The smallest absolute Gasteiger partial charge is 0.0634 e. The fraction of sp³-hybridized carbons (Fsp3) is 0.105. The molecule has 2 aromatic carbocycles. The lowest BCUT2D eigenvalue weighted by Gasteiger charge is -2.04. The Balaban J connectivity index is 0.000000131. The van der Waals surface area contributed by atoms with Crippen LogP contribution < -0.4 is 10.7 Å². The van der Waals surface area contributed by atoms with Gasteiger partial charge in [-0.25, -0.2) is 0 Å². The van der Waals surface area contributed by atoms with Gasteiger partial charge < -0.3 is 5.32 Å². The second kappa shape index (κ2) is 7.27. The molecule has 3 nitrogen and oxygen atoms in total. The van der Waals surface area contributed by atoms with E-state index in [9.17, 15) is 0 Å². The summed E-state index contributed by atoms with van der Waals surface area (Å²) in [4.78, 5) is 0. The molecular formula is C19H19N3. The molecule has 0 unspecified atom stereocenters. The molecule has 2 aliphatic rings. The van der Waals surface area contributed by atoms with E-state index in [0.29, 0.717) is 0 Å². The molecule has 3 heteroatoms. The van der Waals surface area contributed by atoms with Gasteiger partial charge in [0, 0.05) is 18.4 Å². The summed E-state index contributed by atoms with van der Waals surface area (Å²) >= 11 is 0. The summed E-state index contributed by atoms with van der Waals surface area (Å²) in [5.41, 5.74) is 7.70. The van der Waals surface area contributed by atoms with Gasteiger partial charge in [-0.3, -0.25) is 5.43 Å². The molecule has 0 fully saturated rings. The van der Waals surface area contributed by atoms with Crippen LogP contribution in [0.25, 0.3) is 12.2 Å². The molecule has 2 heterocycles. The average molecular weight is 289 g/mol. The van der Waals surface area contributed by atoms with Crippen LogP contribution in [0.4, 0.5) is 11.4 Å². The lowest BCUT2D eigenvalue weighted by Crippen LogP contribution is -1.98. The summed E-state index contributed by atoms with van der Waals surface area (Å²) in [7, 11) is 0. The summed E-state index contributed by atoms with van der Waals surface area (Å²) in [6.45, 7) is 1.05. The molecule has 0 saturated carbocycles. The molecule has 2 aliphatic heterocycles. The summed E-state index contributed by atoms with van der Waals surface area (Å²) in [5.74, 6) is 0. The Labute approximate surface area is 131 Å². The van der Waals surface area contributed by atoms with Crippen LogP contribution in [0.15, 0.2) is 65.8 Å². The molecule has 2 N–H and O–H groups in total. The number of anilines is 2. The quantitative estimate of drug-likeness (QED) is 0.742. The summed E-state index contributed by atoms with van der Waals surface area (Å²) < 4.78 is 0. The van der Waals surface area contributed by atoms with Gasteiger partial charge in [-0.15, -0.1) is 0 Å². The highest BCUT2D eigenvalue weighted by atomic mass is 15.3. The number of hydrazone groups is 1. The largest absolute Gasteiger partial charge is 0.384 e. The van der Waals surface area contributed by atoms with Crippen molar-refractivity contribution in [2.24, 2.45) is 5.10 Å².